The van der Waals surface area contributed by atoms with E-state index in [2.05, 4.69) is 47.6 Å². The number of nitrogens with zero attached hydrogens (tertiary/aromatic N) is 4. The molecule has 0 aliphatic carbocycles. The smallest absolute Gasteiger partial charge is 0.191 e. The van der Waals surface area contributed by atoms with Crippen molar-refractivity contribution in [3.8, 4) is 0 Å². The standard InChI is InChI=1S/C21H40N6/c1-5-22-21(23-12-10-11-19-15-25-26(4)17-19)24-16-20(18(2)3)27-13-8-6-7-9-14-27/h15,17-18,20H,5-14,16H2,1-4H3,(H2,22,23,24). The fourth-order valence-electron chi connectivity index (χ4n) is 3.80. The summed E-state index contributed by atoms with van der Waals surface area (Å²) in [6.07, 6.45) is 11.6. The molecule has 0 amide bonds. The third kappa shape index (κ3) is 7.91. The average molecular weight is 377 g/mol. The molecule has 1 saturated heterocycles. The maximum Gasteiger partial charge on any atom is 0.191 e. The molecular formula is C21H40N6. The first-order valence-electron chi connectivity index (χ1n) is 10.8. The monoisotopic (exact) mass is 376 g/mol. The van der Waals surface area contributed by atoms with Crippen LogP contribution in [0, 0.1) is 5.92 Å². The predicted octanol–water partition coefficient (Wildman–Crippen LogP) is 2.81. The summed E-state index contributed by atoms with van der Waals surface area (Å²) in [5.74, 6) is 1.57. The van der Waals surface area contributed by atoms with Gasteiger partial charge in [0.1, 0.15) is 0 Å². The van der Waals surface area contributed by atoms with Crippen LogP contribution in [-0.4, -0.2) is 59.4 Å². The molecule has 6 nitrogen and oxygen atoms in total. The first-order chi connectivity index (χ1) is 13.1. The van der Waals surface area contributed by atoms with Gasteiger partial charge in [-0.2, -0.15) is 5.10 Å². The van der Waals surface area contributed by atoms with Gasteiger partial charge in [0.05, 0.1) is 12.7 Å². The lowest BCUT2D eigenvalue weighted by Gasteiger charge is -2.32. The Kier molecular flexibility index (Phi) is 9.67. The Morgan fingerprint density at radius 3 is 2.52 bits per heavy atom. The van der Waals surface area contributed by atoms with Crippen LogP contribution >= 0.6 is 0 Å². The summed E-state index contributed by atoms with van der Waals surface area (Å²) in [6, 6.07) is 0.536. The minimum absolute atomic E-state index is 0.536. The zero-order chi connectivity index (χ0) is 19.5. The molecule has 27 heavy (non-hydrogen) atoms. The highest BCUT2D eigenvalue weighted by Gasteiger charge is 2.22. The van der Waals surface area contributed by atoms with Crippen molar-refractivity contribution in [1.29, 1.82) is 0 Å². The molecule has 0 radical (unpaired) electrons. The summed E-state index contributed by atoms with van der Waals surface area (Å²) in [7, 11) is 1.97. The number of likely N-dealkylation sites (tertiary alicyclic amines) is 1. The van der Waals surface area contributed by atoms with Crippen LogP contribution in [0.25, 0.3) is 0 Å². The first-order valence-corrected chi connectivity index (χ1v) is 10.8. The second-order valence-electron chi connectivity index (χ2n) is 8.03. The van der Waals surface area contributed by atoms with Crippen LogP contribution in [0.5, 0.6) is 0 Å². The van der Waals surface area contributed by atoms with Gasteiger partial charge in [-0.1, -0.05) is 26.7 Å². The predicted molar refractivity (Wildman–Crippen MR) is 114 cm³/mol. The van der Waals surface area contributed by atoms with Gasteiger partial charge in [-0.3, -0.25) is 14.6 Å². The van der Waals surface area contributed by atoms with Crippen molar-refractivity contribution in [1.82, 2.24) is 25.3 Å². The molecule has 154 valence electrons. The molecule has 1 fully saturated rings. The first kappa shape index (κ1) is 21.7. The van der Waals surface area contributed by atoms with Crippen LogP contribution in [0.1, 0.15) is 58.4 Å². The number of nitrogens with one attached hydrogen (secondary N) is 2. The Morgan fingerprint density at radius 2 is 1.93 bits per heavy atom. The van der Waals surface area contributed by atoms with E-state index in [9.17, 15) is 0 Å². The second-order valence-corrected chi connectivity index (χ2v) is 8.03. The van der Waals surface area contributed by atoms with E-state index >= 15 is 0 Å². The highest BCUT2D eigenvalue weighted by Crippen LogP contribution is 2.17. The highest BCUT2D eigenvalue weighted by atomic mass is 15.2. The molecular weight excluding hydrogens is 336 g/mol. The van der Waals surface area contributed by atoms with Gasteiger partial charge in [0.2, 0.25) is 0 Å². The molecule has 1 aliphatic heterocycles. The molecule has 2 heterocycles. The Hall–Kier alpha value is -1.56. The molecule has 2 N–H and O–H groups in total. The molecule has 1 aromatic rings. The molecule has 6 heteroatoms. The molecule has 1 atom stereocenters. The summed E-state index contributed by atoms with van der Waals surface area (Å²) < 4.78 is 1.86. The lowest BCUT2D eigenvalue weighted by molar-refractivity contribution is 0.166. The van der Waals surface area contributed by atoms with E-state index in [1.165, 1.54) is 44.3 Å². The van der Waals surface area contributed by atoms with Gasteiger partial charge in [-0.15, -0.1) is 0 Å². The van der Waals surface area contributed by atoms with Crippen LogP contribution in [0.15, 0.2) is 17.4 Å². The summed E-state index contributed by atoms with van der Waals surface area (Å²) in [6.45, 7) is 11.9. The molecule has 0 bridgehead atoms. The number of aryl methyl sites for hydroxylation is 2. The van der Waals surface area contributed by atoms with Crippen molar-refractivity contribution in [3.63, 3.8) is 0 Å². The molecule has 2 rings (SSSR count). The quantitative estimate of drug-likeness (QED) is 0.395. The Labute approximate surface area is 165 Å². The van der Waals surface area contributed by atoms with E-state index in [4.69, 9.17) is 4.99 Å². The van der Waals surface area contributed by atoms with Crippen LogP contribution in [0.4, 0.5) is 0 Å². The molecule has 0 saturated carbocycles. The Balaban J connectivity index is 1.83. The maximum atomic E-state index is 4.93. The van der Waals surface area contributed by atoms with Crippen molar-refractivity contribution in [2.45, 2.75) is 65.3 Å². The van der Waals surface area contributed by atoms with Gasteiger partial charge in [0, 0.05) is 32.4 Å². The van der Waals surface area contributed by atoms with Gasteiger partial charge >= 0.3 is 0 Å². The normalized spacial score (nSPS) is 17.7. The number of aromatic nitrogens is 2. The minimum Gasteiger partial charge on any atom is -0.357 e. The molecule has 1 aliphatic rings. The molecule has 0 spiro atoms. The van der Waals surface area contributed by atoms with Crippen molar-refractivity contribution < 1.29 is 0 Å². The van der Waals surface area contributed by atoms with Crippen LogP contribution < -0.4 is 10.6 Å². The number of guanidine groups is 1. The topological polar surface area (TPSA) is 57.5 Å². The Bertz CT molecular complexity index is 543. The summed E-state index contributed by atoms with van der Waals surface area (Å²) in [5, 5.41) is 11.1. The fourth-order valence-corrected chi connectivity index (χ4v) is 3.80. The van der Waals surface area contributed by atoms with E-state index in [0.29, 0.717) is 12.0 Å². The Morgan fingerprint density at radius 1 is 1.19 bits per heavy atom. The molecule has 1 aromatic heterocycles. The highest BCUT2D eigenvalue weighted by molar-refractivity contribution is 5.79. The van der Waals surface area contributed by atoms with E-state index in [-0.39, 0.29) is 0 Å². The lowest BCUT2D eigenvalue weighted by atomic mass is 10.0. The van der Waals surface area contributed by atoms with E-state index < -0.39 is 0 Å². The fraction of sp³-hybridized carbons (Fsp3) is 0.810. The number of hydrogen-bond acceptors (Lipinski definition) is 3. The van der Waals surface area contributed by atoms with Crippen molar-refractivity contribution in [2.75, 3.05) is 32.7 Å². The van der Waals surface area contributed by atoms with Gasteiger partial charge in [0.15, 0.2) is 5.96 Å². The average Bonchev–Trinajstić information content (AvgIpc) is 2.88. The van der Waals surface area contributed by atoms with Crippen LogP contribution in [0.2, 0.25) is 0 Å². The van der Waals surface area contributed by atoms with Gasteiger partial charge < -0.3 is 10.6 Å². The minimum atomic E-state index is 0.536. The zero-order valence-electron chi connectivity index (χ0n) is 17.9. The number of hydrogen-bond donors (Lipinski definition) is 2. The summed E-state index contributed by atoms with van der Waals surface area (Å²) in [4.78, 5) is 7.60. The summed E-state index contributed by atoms with van der Waals surface area (Å²) >= 11 is 0. The lowest BCUT2D eigenvalue weighted by Crippen LogP contribution is -2.44. The van der Waals surface area contributed by atoms with Crippen molar-refractivity contribution >= 4 is 5.96 Å². The van der Waals surface area contributed by atoms with E-state index in [0.717, 1.165) is 38.4 Å². The van der Waals surface area contributed by atoms with Crippen molar-refractivity contribution in [2.24, 2.45) is 18.0 Å². The zero-order valence-corrected chi connectivity index (χ0v) is 17.9. The third-order valence-electron chi connectivity index (χ3n) is 5.35. The molecule has 1 unspecified atom stereocenters. The van der Waals surface area contributed by atoms with E-state index in [1.54, 1.807) is 0 Å². The van der Waals surface area contributed by atoms with Crippen LogP contribution in [0.3, 0.4) is 0 Å². The third-order valence-corrected chi connectivity index (χ3v) is 5.35. The molecule has 0 aromatic carbocycles. The SMILES string of the molecule is CCNC(=NCC(C(C)C)N1CCCCCC1)NCCCc1cnn(C)c1. The maximum absolute atomic E-state index is 4.93. The number of rotatable bonds is 9. The van der Waals surface area contributed by atoms with Gasteiger partial charge in [-0.05, 0) is 57.2 Å². The van der Waals surface area contributed by atoms with E-state index in [1.807, 2.05) is 17.9 Å². The number of aliphatic imine (C=N–C) groups is 1. The second kappa shape index (κ2) is 12.0. The summed E-state index contributed by atoms with van der Waals surface area (Å²) in [5.41, 5.74) is 1.29. The largest absolute Gasteiger partial charge is 0.357 e. The van der Waals surface area contributed by atoms with Crippen LogP contribution in [-0.2, 0) is 13.5 Å². The van der Waals surface area contributed by atoms with Gasteiger partial charge in [0.25, 0.3) is 0 Å². The van der Waals surface area contributed by atoms with Gasteiger partial charge in [-0.25, -0.2) is 0 Å². The van der Waals surface area contributed by atoms with Crippen molar-refractivity contribution in [3.05, 3.63) is 18.0 Å².